The van der Waals surface area contributed by atoms with Crippen LogP contribution in [0.3, 0.4) is 0 Å². The third-order valence-electron chi connectivity index (χ3n) is 1.70. The molecule has 0 atom stereocenters. The van der Waals surface area contributed by atoms with Gasteiger partial charge in [0.2, 0.25) is 0 Å². The Morgan fingerprint density at radius 3 is 1.57 bits per heavy atom. The van der Waals surface area contributed by atoms with E-state index in [1.807, 2.05) is 35.0 Å². The minimum Gasteiger partial charge on any atom is -0.143 e. The Labute approximate surface area is 101 Å². The fourth-order valence-corrected chi connectivity index (χ4v) is 3.15. The molecule has 2 aromatic heterocycles. The summed E-state index contributed by atoms with van der Waals surface area (Å²) in [5, 5.41) is 4.03. The van der Waals surface area contributed by atoms with Crippen molar-refractivity contribution in [1.82, 2.24) is 0 Å². The zero-order valence-corrected chi connectivity index (χ0v) is 10.4. The van der Waals surface area contributed by atoms with Crippen LogP contribution in [0.15, 0.2) is 35.0 Å². The topological polar surface area (TPSA) is 0 Å². The van der Waals surface area contributed by atoms with E-state index in [2.05, 4.69) is 0 Å². The van der Waals surface area contributed by atoms with E-state index < -0.39 is 0 Å². The highest BCUT2D eigenvalue weighted by molar-refractivity contribution is 7.90. The molecule has 0 radical (unpaired) electrons. The number of hydrogen-bond acceptors (Lipinski definition) is 4. The smallest absolute Gasteiger partial charge is 0.0744 e. The molecule has 0 saturated carbocycles. The van der Waals surface area contributed by atoms with Crippen LogP contribution in [0.1, 0.15) is 9.75 Å². The van der Waals surface area contributed by atoms with Crippen LogP contribution in [0.4, 0.5) is 0 Å². The van der Waals surface area contributed by atoms with Gasteiger partial charge in [-0.2, -0.15) is 0 Å². The number of rotatable bonds is 3. The van der Waals surface area contributed by atoms with Crippen LogP contribution in [-0.4, -0.2) is 9.73 Å². The molecule has 0 bridgehead atoms. The molecule has 0 aliphatic heterocycles. The van der Waals surface area contributed by atoms with Gasteiger partial charge in [0.1, 0.15) is 0 Å². The average molecular weight is 254 g/mol. The lowest BCUT2D eigenvalue weighted by molar-refractivity contribution is 1.96. The third kappa shape index (κ3) is 1.98. The fourth-order valence-electron chi connectivity index (χ4n) is 1.04. The van der Waals surface area contributed by atoms with Gasteiger partial charge in [0.05, 0.1) is 9.73 Å². The maximum Gasteiger partial charge on any atom is 0.0744 e. The zero-order valence-electron chi connectivity index (χ0n) is 7.10. The van der Waals surface area contributed by atoms with Crippen LogP contribution < -0.4 is 0 Å². The van der Waals surface area contributed by atoms with Gasteiger partial charge in [-0.1, -0.05) is 36.6 Å². The van der Waals surface area contributed by atoms with Crippen LogP contribution in [0.25, 0.3) is 0 Å². The molecule has 0 saturated heterocycles. The van der Waals surface area contributed by atoms with E-state index in [1.165, 1.54) is 0 Å². The second kappa shape index (κ2) is 4.40. The maximum absolute atomic E-state index is 5.32. The molecule has 0 fully saturated rings. The Bertz CT molecular complexity index is 392. The lowest BCUT2D eigenvalue weighted by atomic mass is 10.2. The minimum absolute atomic E-state index is 0.789. The molecule has 14 heavy (non-hydrogen) atoms. The fraction of sp³-hybridized carbons (Fsp3) is 0. The van der Waals surface area contributed by atoms with E-state index in [-0.39, 0.29) is 0 Å². The molecule has 4 heteroatoms. The summed E-state index contributed by atoms with van der Waals surface area (Å²) in [5.41, 5.74) is 0. The van der Waals surface area contributed by atoms with E-state index in [0.29, 0.717) is 0 Å². The van der Waals surface area contributed by atoms with Gasteiger partial charge in [0, 0.05) is 9.75 Å². The number of hydrogen-bond donors (Lipinski definition) is 0. The van der Waals surface area contributed by atoms with E-state index >= 15 is 0 Å². The number of thiocarbonyl (C=S) groups is 2. The molecule has 0 aliphatic rings. The van der Waals surface area contributed by atoms with Crippen molar-refractivity contribution in [2.24, 2.45) is 0 Å². The van der Waals surface area contributed by atoms with Gasteiger partial charge in [0.15, 0.2) is 0 Å². The summed E-state index contributed by atoms with van der Waals surface area (Å²) in [6.07, 6.45) is 0. The molecule has 0 amide bonds. The van der Waals surface area contributed by atoms with Crippen molar-refractivity contribution >= 4 is 56.8 Å². The van der Waals surface area contributed by atoms with Crippen molar-refractivity contribution in [3.63, 3.8) is 0 Å². The van der Waals surface area contributed by atoms with Gasteiger partial charge in [-0.15, -0.1) is 22.7 Å². The van der Waals surface area contributed by atoms with Gasteiger partial charge < -0.3 is 0 Å². The summed E-state index contributed by atoms with van der Waals surface area (Å²) in [6, 6.07) is 7.99. The molecular formula is C10H6S4. The lowest BCUT2D eigenvalue weighted by Crippen LogP contribution is -2.08. The Morgan fingerprint density at radius 2 is 1.29 bits per heavy atom. The van der Waals surface area contributed by atoms with Crippen LogP contribution in [0.2, 0.25) is 0 Å². The molecule has 2 heterocycles. The monoisotopic (exact) mass is 254 g/mol. The first-order chi connectivity index (χ1) is 6.79. The Morgan fingerprint density at radius 1 is 0.857 bits per heavy atom. The van der Waals surface area contributed by atoms with Crippen molar-refractivity contribution in [3.8, 4) is 0 Å². The lowest BCUT2D eigenvalue weighted by Gasteiger charge is -1.99. The Balaban J connectivity index is 2.26. The van der Waals surface area contributed by atoms with Gasteiger partial charge in [-0.3, -0.25) is 0 Å². The Kier molecular flexibility index (Phi) is 3.18. The summed E-state index contributed by atoms with van der Waals surface area (Å²) in [6.45, 7) is 0. The highest BCUT2D eigenvalue weighted by Crippen LogP contribution is 2.17. The quantitative estimate of drug-likeness (QED) is 0.601. The van der Waals surface area contributed by atoms with Crippen molar-refractivity contribution in [2.45, 2.75) is 0 Å². The van der Waals surface area contributed by atoms with E-state index in [9.17, 15) is 0 Å². The molecule has 2 aromatic rings. The van der Waals surface area contributed by atoms with Crippen molar-refractivity contribution in [2.75, 3.05) is 0 Å². The first-order valence-corrected chi connectivity index (χ1v) is 6.52. The first-order valence-electron chi connectivity index (χ1n) is 3.95. The van der Waals surface area contributed by atoms with Crippen molar-refractivity contribution < 1.29 is 0 Å². The third-order valence-corrected chi connectivity index (χ3v) is 4.71. The predicted octanol–water partition coefficient (Wildman–Crippen LogP) is 3.95. The van der Waals surface area contributed by atoms with Crippen LogP contribution >= 0.6 is 47.1 Å². The molecule has 0 unspecified atom stereocenters. The summed E-state index contributed by atoms with van der Waals surface area (Å²) < 4.78 is 0. The normalized spacial score (nSPS) is 10.0. The maximum atomic E-state index is 5.32. The van der Waals surface area contributed by atoms with Crippen LogP contribution in [-0.2, 0) is 0 Å². The van der Waals surface area contributed by atoms with Crippen LogP contribution in [0, 0.1) is 0 Å². The summed E-state index contributed by atoms with van der Waals surface area (Å²) >= 11 is 13.9. The molecule has 0 N–H and O–H groups in total. The first kappa shape index (κ1) is 10.1. The predicted molar refractivity (Wildman–Crippen MR) is 72.0 cm³/mol. The minimum atomic E-state index is 0.789. The molecule has 0 nitrogen and oxygen atoms in total. The molecule has 0 aromatic carbocycles. The largest absolute Gasteiger partial charge is 0.143 e. The van der Waals surface area contributed by atoms with Crippen molar-refractivity contribution in [3.05, 3.63) is 44.8 Å². The van der Waals surface area contributed by atoms with Gasteiger partial charge in [0.25, 0.3) is 0 Å². The zero-order chi connectivity index (χ0) is 9.97. The molecule has 0 spiro atoms. The molecule has 0 aliphatic carbocycles. The standard InChI is InChI=1S/C10H6S4/c11-9(7-3-1-5-13-7)10(12)8-4-2-6-14-8/h1-6H. The van der Waals surface area contributed by atoms with Crippen molar-refractivity contribution in [1.29, 1.82) is 0 Å². The second-order valence-corrected chi connectivity index (χ2v) is 5.32. The summed E-state index contributed by atoms with van der Waals surface area (Å²) in [7, 11) is 0. The van der Waals surface area contributed by atoms with E-state index in [4.69, 9.17) is 24.4 Å². The summed E-state index contributed by atoms with van der Waals surface area (Å²) in [5.74, 6) is 0. The average Bonchev–Trinajstić information content (AvgIpc) is 2.87. The molecular weight excluding hydrogens is 248 g/mol. The second-order valence-electron chi connectivity index (χ2n) is 2.61. The van der Waals surface area contributed by atoms with Gasteiger partial charge in [-0.25, -0.2) is 0 Å². The van der Waals surface area contributed by atoms with Gasteiger partial charge >= 0.3 is 0 Å². The SMILES string of the molecule is S=C(C(=S)c1cccs1)c1cccs1. The highest BCUT2D eigenvalue weighted by atomic mass is 32.1. The van der Waals surface area contributed by atoms with Gasteiger partial charge in [-0.05, 0) is 22.9 Å². The number of thiophene rings is 2. The van der Waals surface area contributed by atoms with E-state index in [1.54, 1.807) is 22.7 Å². The Hall–Kier alpha value is -0.420. The van der Waals surface area contributed by atoms with Crippen LogP contribution in [0.5, 0.6) is 0 Å². The van der Waals surface area contributed by atoms with E-state index in [0.717, 1.165) is 19.5 Å². The highest BCUT2D eigenvalue weighted by Gasteiger charge is 2.11. The molecule has 70 valence electrons. The molecule has 2 rings (SSSR count). The summed E-state index contributed by atoms with van der Waals surface area (Å²) in [4.78, 5) is 3.74.